The largest absolute Gasteiger partial charge is 0.375 e. The molecule has 0 amide bonds. The zero-order valence-corrected chi connectivity index (χ0v) is 11.2. The maximum atomic E-state index is 5.38. The number of hydrogen-bond donors (Lipinski definition) is 2. The summed E-state index contributed by atoms with van der Waals surface area (Å²) < 4.78 is 0. The summed E-state index contributed by atoms with van der Waals surface area (Å²) in [5.41, 5.74) is 12.9. The molecular formula is C12H19N3S. The van der Waals surface area contributed by atoms with Gasteiger partial charge in [-0.3, -0.25) is 5.43 Å². The van der Waals surface area contributed by atoms with Gasteiger partial charge in [-0.05, 0) is 38.9 Å². The molecule has 0 aromatic heterocycles. The zero-order valence-electron chi connectivity index (χ0n) is 10.3. The van der Waals surface area contributed by atoms with Gasteiger partial charge in [-0.2, -0.15) is 5.10 Å². The Labute approximate surface area is 102 Å². The molecule has 0 spiro atoms. The lowest BCUT2D eigenvalue weighted by atomic mass is 9.50. The van der Waals surface area contributed by atoms with Crippen molar-refractivity contribution in [3.8, 4) is 0 Å². The van der Waals surface area contributed by atoms with E-state index in [-0.39, 0.29) is 15.9 Å². The van der Waals surface area contributed by atoms with Gasteiger partial charge in [0.2, 0.25) is 0 Å². The molecule has 0 radical (unpaired) electrons. The fourth-order valence-electron chi connectivity index (χ4n) is 3.34. The van der Waals surface area contributed by atoms with Gasteiger partial charge in [0.15, 0.2) is 5.11 Å². The molecule has 2 aliphatic rings. The minimum atomic E-state index is 0.239. The first-order valence-corrected chi connectivity index (χ1v) is 6.01. The van der Waals surface area contributed by atoms with Crippen molar-refractivity contribution < 1.29 is 0 Å². The number of fused-ring (bicyclic) bond motifs is 1. The maximum absolute atomic E-state index is 5.38. The smallest absolute Gasteiger partial charge is 0.184 e. The van der Waals surface area contributed by atoms with Crippen molar-refractivity contribution in [2.45, 2.75) is 40.5 Å². The van der Waals surface area contributed by atoms with Crippen molar-refractivity contribution in [3.05, 3.63) is 11.1 Å². The van der Waals surface area contributed by atoms with Gasteiger partial charge in [0, 0.05) is 16.5 Å². The summed E-state index contributed by atoms with van der Waals surface area (Å²) >= 11 is 4.76. The molecule has 4 heteroatoms. The first kappa shape index (κ1) is 11.6. The van der Waals surface area contributed by atoms with E-state index in [9.17, 15) is 0 Å². The molecule has 1 fully saturated rings. The molecule has 16 heavy (non-hydrogen) atoms. The third kappa shape index (κ3) is 1.25. The second kappa shape index (κ2) is 3.29. The maximum Gasteiger partial charge on any atom is 0.184 e. The lowest BCUT2D eigenvalue weighted by molar-refractivity contribution is 0.142. The van der Waals surface area contributed by atoms with E-state index in [1.54, 1.807) is 0 Å². The van der Waals surface area contributed by atoms with E-state index in [1.165, 1.54) is 16.9 Å². The normalized spacial score (nSPS) is 36.9. The lowest BCUT2D eigenvalue weighted by Gasteiger charge is -2.53. The fraction of sp³-hybridized carbons (Fsp3) is 0.667. The minimum absolute atomic E-state index is 0.239. The van der Waals surface area contributed by atoms with Crippen LogP contribution < -0.4 is 11.2 Å². The number of thiocarbonyl (C=S) groups is 1. The molecule has 2 atom stereocenters. The molecule has 2 unspecified atom stereocenters. The molecular weight excluding hydrogens is 218 g/mol. The van der Waals surface area contributed by atoms with Crippen LogP contribution in [0.15, 0.2) is 16.2 Å². The van der Waals surface area contributed by atoms with Crippen LogP contribution in [0.1, 0.15) is 40.5 Å². The van der Waals surface area contributed by atoms with Gasteiger partial charge >= 0.3 is 0 Å². The summed E-state index contributed by atoms with van der Waals surface area (Å²) in [4.78, 5) is 0. The minimum Gasteiger partial charge on any atom is -0.375 e. The van der Waals surface area contributed by atoms with Crippen molar-refractivity contribution in [3.63, 3.8) is 0 Å². The van der Waals surface area contributed by atoms with Crippen molar-refractivity contribution in [1.82, 2.24) is 5.43 Å². The summed E-state index contributed by atoms with van der Waals surface area (Å²) in [6, 6.07) is 0. The topological polar surface area (TPSA) is 50.4 Å². The highest BCUT2D eigenvalue weighted by Crippen LogP contribution is 2.67. The van der Waals surface area contributed by atoms with Crippen LogP contribution in [0, 0.1) is 10.8 Å². The number of nitrogens with zero attached hydrogens (tertiary/aromatic N) is 1. The van der Waals surface area contributed by atoms with E-state index in [0.29, 0.717) is 0 Å². The van der Waals surface area contributed by atoms with Crippen molar-refractivity contribution in [1.29, 1.82) is 0 Å². The van der Waals surface area contributed by atoms with Crippen LogP contribution in [0.4, 0.5) is 0 Å². The molecule has 2 rings (SSSR count). The van der Waals surface area contributed by atoms with Crippen molar-refractivity contribution in [2.75, 3.05) is 0 Å². The van der Waals surface area contributed by atoms with Gasteiger partial charge < -0.3 is 5.73 Å². The molecule has 2 aliphatic carbocycles. The highest BCUT2D eigenvalue weighted by Gasteiger charge is 2.60. The molecule has 1 saturated carbocycles. The summed E-state index contributed by atoms with van der Waals surface area (Å²) in [5.74, 6) is 0. The highest BCUT2D eigenvalue weighted by molar-refractivity contribution is 7.80. The predicted octanol–water partition coefficient (Wildman–Crippen LogP) is 2.33. The Morgan fingerprint density at radius 2 is 1.69 bits per heavy atom. The number of hydrazone groups is 1. The zero-order chi connectivity index (χ0) is 12.1. The SMILES string of the molecule is CC1=C(C)C2(C)CC(=NNC(N)=S)CC12C. The van der Waals surface area contributed by atoms with E-state index in [1.807, 2.05) is 0 Å². The van der Waals surface area contributed by atoms with Crippen molar-refractivity contribution in [2.24, 2.45) is 21.7 Å². The van der Waals surface area contributed by atoms with Crippen LogP contribution in [-0.2, 0) is 0 Å². The average Bonchev–Trinajstić information content (AvgIpc) is 2.46. The highest BCUT2D eigenvalue weighted by atomic mass is 32.1. The molecule has 0 aromatic carbocycles. The Kier molecular flexibility index (Phi) is 2.38. The Morgan fingerprint density at radius 3 is 2.06 bits per heavy atom. The van der Waals surface area contributed by atoms with Gasteiger partial charge in [-0.15, -0.1) is 0 Å². The molecule has 88 valence electrons. The average molecular weight is 237 g/mol. The Bertz CT molecular complexity index is 396. The Hall–Kier alpha value is -0.900. The van der Waals surface area contributed by atoms with Gasteiger partial charge in [0.25, 0.3) is 0 Å². The second-order valence-electron chi connectivity index (χ2n) is 5.42. The summed E-state index contributed by atoms with van der Waals surface area (Å²) in [6.07, 6.45) is 2.03. The van der Waals surface area contributed by atoms with E-state index >= 15 is 0 Å². The fourth-order valence-corrected chi connectivity index (χ4v) is 3.39. The van der Waals surface area contributed by atoms with Crippen LogP contribution in [0.3, 0.4) is 0 Å². The molecule has 0 heterocycles. The van der Waals surface area contributed by atoms with E-state index in [0.717, 1.165) is 12.8 Å². The lowest BCUT2D eigenvalue weighted by Crippen LogP contribution is -2.44. The van der Waals surface area contributed by atoms with E-state index in [2.05, 4.69) is 38.2 Å². The molecule has 0 bridgehead atoms. The standard InChI is InChI=1S/C12H19N3S/c1-7-8(2)12(4)6-9(5-11(7,12)3)14-15-10(13)16/h5-6H2,1-4H3,(H3,13,15,16). The van der Waals surface area contributed by atoms with Crippen LogP contribution >= 0.6 is 12.2 Å². The number of nitrogens with two attached hydrogens (primary N) is 1. The molecule has 0 saturated heterocycles. The monoisotopic (exact) mass is 237 g/mol. The Balaban J connectivity index is 2.22. The van der Waals surface area contributed by atoms with Crippen LogP contribution in [0.2, 0.25) is 0 Å². The van der Waals surface area contributed by atoms with Gasteiger partial charge in [0.05, 0.1) is 0 Å². The van der Waals surface area contributed by atoms with Crippen LogP contribution in [0.25, 0.3) is 0 Å². The molecule has 3 N–H and O–H groups in total. The van der Waals surface area contributed by atoms with E-state index in [4.69, 9.17) is 18.0 Å². The molecule has 0 aliphatic heterocycles. The molecule has 3 nitrogen and oxygen atoms in total. The first-order chi connectivity index (χ1) is 7.31. The number of rotatable bonds is 1. The third-order valence-electron chi connectivity index (χ3n) is 4.88. The van der Waals surface area contributed by atoms with Gasteiger partial charge in [-0.25, -0.2) is 0 Å². The number of allylic oxidation sites excluding steroid dienone is 2. The summed E-state index contributed by atoms with van der Waals surface area (Å²) in [5, 5.41) is 4.54. The second-order valence-corrected chi connectivity index (χ2v) is 5.86. The van der Waals surface area contributed by atoms with E-state index < -0.39 is 0 Å². The predicted molar refractivity (Wildman–Crippen MR) is 71.2 cm³/mol. The van der Waals surface area contributed by atoms with Crippen LogP contribution in [0.5, 0.6) is 0 Å². The Morgan fingerprint density at radius 1 is 1.25 bits per heavy atom. The van der Waals surface area contributed by atoms with Gasteiger partial charge in [-0.1, -0.05) is 25.0 Å². The quantitative estimate of drug-likeness (QED) is 0.418. The first-order valence-electron chi connectivity index (χ1n) is 5.60. The van der Waals surface area contributed by atoms with Gasteiger partial charge in [0.1, 0.15) is 0 Å². The summed E-state index contributed by atoms with van der Waals surface area (Å²) in [7, 11) is 0. The van der Waals surface area contributed by atoms with Crippen LogP contribution in [-0.4, -0.2) is 10.8 Å². The number of nitrogens with one attached hydrogen (secondary N) is 1. The third-order valence-corrected chi connectivity index (χ3v) is 4.97. The van der Waals surface area contributed by atoms with Crippen molar-refractivity contribution >= 4 is 23.0 Å². The number of hydrogen-bond acceptors (Lipinski definition) is 2. The summed E-state index contributed by atoms with van der Waals surface area (Å²) in [6.45, 7) is 9.14. The molecule has 0 aromatic rings.